The van der Waals surface area contributed by atoms with Crippen LogP contribution >= 0.6 is 43.2 Å². The van der Waals surface area contributed by atoms with Crippen molar-refractivity contribution in [1.82, 2.24) is 4.57 Å². The Hall–Kier alpha value is -3.02. The van der Waals surface area contributed by atoms with E-state index in [0.717, 1.165) is 20.3 Å². The minimum Gasteiger partial charge on any atom is -0.496 e. The fourth-order valence-corrected chi connectivity index (χ4v) is 6.61. The summed E-state index contributed by atoms with van der Waals surface area (Å²) in [6.45, 7) is 5.24. The van der Waals surface area contributed by atoms with Gasteiger partial charge in [-0.05, 0) is 57.2 Å². The first-order valence-electron chi connectivity index (χ1n) is 11.7. The quantitative estimate of drug-likeness (QED) is 0.394. The molecular weight excluding hydrogens is 638 g/mol. The molecule has 5 rings (SSSR count). The number of likely N-dealkylation sites (N-methyl/N-ethyl adjacent to an activating group) is 1. The molecule has 0 aliphatic carbocycles. The number of methoxy groups -OCH3 is 1. The van der Waals surface area contributed by atoms with Gasteiger partial charge in [0.25, 0.3) is 11.5 Å². The van der Waals surface area contributed by atoms with Crippen molar-refractivity contribution in [2.45, 2.75) is 32.9 Å². The van der Waals surface area contributed by atoms with E-state index in [1.165, 1.54) is 16.6 Å². The highest BCUT2D eigenvalue weighted by atomic mass is 79.9. The number of halogens is 2. The Kier molecular flexibility index (Phi) is 6.95. The number of nitrogens with zero attached hydrogens (tertiary/aromatic N) is 3. The molecule has 3 heterocycles. The zero-order valence-electron chi connectivity index (χ0n) is 21.2. The molecule has 0 unspecified atom stereocenters. The fraction of sp³-hybridized carbons (Fsp3) is 0.259. The second-order valence-electron chi connectivity index (χ2n) is 9.14. The van der Waals surface area contributed by atoms with Gasteiger partial charge in [0.2, 0.25) is 0 Å². The van der Waals surface area contributed by atoms with Gasteiger partial charge in [0.05, 0.1) is 35.7 Å². The number of anilines is 1. The van der Waals surface area contributed by atoms with E-state index in [9.17, 15) is 14.4 Å². The van der Waals surface area contributed by atoms with Crippen molar-refractivity contribution in [1.29, 1.82) is 0 Å². The maximum absolute atomic E-state index is 14.2. The number of amides is 1. The molecule has 0 N–H and O–H groups in total. The summed E-state index contributed by atoms with van der Waals surface area (Å²) >= 11 is 8.11. The molecule has 0 spiro atoms. The maximum Gasteiger partial charge on any atom is 0.338 e. The van der Waals surface area contributed by atoms with Crippen LogP contribution in [0.5, 0.6) is 5.75 Å². The first-order valence-corrected chi connectivity index (χ1v) is 14.1. The molecule has 2 aliphatic rings. The standard InChI is InChI=1S/C27H23Br2N3O5S/c1-12(2)37-26(35)20-13(3)30-27-32(22(20)17-11-15(29)7-9-19(17)36-5)25(34)23(38-27)21-16-10-14(28)6-8-18(16)31(4)24(21)33/h6-12,22H,1-5H3/b23-21+/t22-/m1/s1. The van der Waals surface area contributed by atoms with E-state index in [2.05, 4.69) is 36.9 Å². The zero-order chi connectivity index (χ0) is 27.5. The smallest absolute Gasteiger partial charge is 0.338 e. The van der Waals surface area contributed by atoms with Gasteiger partial charge in [-0.25, -0.2) is 9.79 Å². The topological polar surface area (TPSA) is 90.2 Å². The van der Waals surface area contributed by atoms with E-state index in [1.54, 1.807) is 33.9 Å². The summed E-state index contributed by atoms with van der Waals surface area (Å²) in [5.41, 5.74) is 2.50. The van der Waals surface area contributed by atoms with Gasteiger partial charge in [-0.15, -0.1) is 0 Å². The van der Waals surface area contributed by atoms with Crippen LogP contribution in [0.4, 0.5) is 5.69 Å². The molecule has 2 aromatic carbocycles. The Labute approximate surface area is 239 Å². The van der Waals surface area contributed by atoms with Crippen molar-refractivity contribution < 1.29 is 19.1 Å². The molecule has 1 amide bonds. The lowest BCUT2D eigenvalue weighted by atomic mass is 9.95. The van der Waals surface area contributed by atoms with Gasteiger partial charge in [0.15, 0.2) is 4.80 Å². The second-order valence-corrected chi connectivity index (χ2v) is 12.0. The van der Waals surface area contributed by atoms with Gasteiger partial charge in [-0.1, -0.05) is 43.2 Å². The predicted molar refractivity (Wildman–Crippen MR) is 152 cm³/mol. The van der Waals surface area contributed by atoms with E-state index in [1.807, 2.05) is 30.3 Å². The van der Waals surface area contributed by atoms with Gasteiger partial charge in [-0.3, -0.25) is 14.2 Å². The van der Waals surface area contributed by atoms with Crippen LogP contribution in [-0.4, -0.2) is 36.7 Å². The van der Waals surface area contributed by atoms with Crippen LogP contribution in [0.15, 0.2) is 66.4 Å². The normalized spacial score (nSPS) is 17.9. The zero-order valence-corrected chi connectivity index (χ0v) is 25.2. The van der Waals surface area contributed by atoms with Crippen molar-refractivity contribution in [3.63, 3.8) is 0 Å². The number of thiazole rings is 1. The van der Waals surface area contributed by atoms with E-state index >= 15 is 0 Å². The Morgan fingerprint density at radius 3 is 2.47 bits per heavy atom. The molecule has 38 heavy (non-hydrogen) atoms. The molecule has 1 atom stereocenters. The van der Waals surface area contributed by atoms with E-state index < -0.39 is 17.6 Å². The summed E-state index contributed by atoms with van der Waals surface area (Å²) in [6, 6.07) is 10.0. The average molecular weight is 661 g/mol. The Balaban J connectivity index is 1.87. The number of allylic oxidation sites excluding steroid dienone is 1. The van der Waals surface area contributed by atoms with Gasteiger partial charge in [0, 0.05) is 27.1 Å². The lowest BCUT2D eigenvalue weighted by Crippen LogP contribution is -2.41. The largest absolute Gasteiger partial charge is 0.496 e. The molecule has 2 aliphatic heterocycles. The SMILES string of the molecule is COc1ccc(Br)cc1[C@@H]1C(C(=O)OC(C)C)=C(C)N=c2s/c(=C3/C(=O)N(C)c4ccc(Br)cc43)c(=O)n21. The number of hydrogen-bond donors (Lipinski definition) is 0. The van der Waals surface area contributed by atoms with Crippen LogP contribution in [0.1, 0.15) is 37.9 Å². The minimum absolute atomic E-state index is 0.233. The molecule has 8 nitrogen and oxygen atoms in total. The number of ether oxygens (including phenoxy) is 2. The predicted octanol–water partition coefficient (Wildman–Crippen LogP) is 4.07. The lowest BCUT2D eigenvalue weighted by molar-refractivity contribution is -0.143. The van der Waals surface area contributed by atoms with Gasteiger partial charge in [-0.2, -0.15) is 0 Å². The Morgan fingerprint density at radius 2 is 1.79 bits per heavy atom. The van der Waals surface area contributed by atoms with Crippen molar-refractivity contribution in [2.75, 3.05) is 19.1 Å². The number of rotatable bonds is 4. The number of esters is 1. The monoisotopic (exact) mass is 659 g/mol. The van der Waals surface area contributed by atoms with Crippen LogP contribution in [0, 0.1) is 0 Å². The molecule has 196 valence electrons. The van der Waals surface area contributed by atoms with Crippen molar-refractivity contribution in [3.05, 3.63) is 87.4 Å². The van der Waals surface area contributed by atoms with Crippen LogP contribution < -0.4 is 24.5 Å². The summed E-state index contributed by atoms with van der Waals surface area (Å²) in [4.78, 5) is 47.5. The van der Waals surface area contributed by atoms with Crippen LogP contribution in [-0.2, 0) is 14.3 Å². The third-order valence-electron chi connectivity index (χ3n) is 6.38. The van der Waals surface area contributed by atoms with E-state index in [0.29, 0.717) is 38.6 Å². The van der Waals surface area contributed by atoms with E-state index in [-0.39, 0.29) is 22.1 Å². The molecule has 0 radical (unpaired) electrons. The van der Waals surface area contributed by atoms with Crippen LogP contribution in [0.25, 0.3) is 5.57 Å². The third kappa shape index (κ3) is 4.26. The molecule has 1 aromatic heterocycles. The van der Waals surface area contributed by atoms with Crippen molar-refractivity contribution in [2.24, 2.45) is 4.99 Å². The number of fused-ring (bicyclic) bond motifs is 2. The number of hydrogen-bond acceptors (Lipinski definition) is 7. The van der Waals surface area contributed by atoms with Crippen LogP contribution in [0.3, 0.4) is 0 Å². The first kappa shape index (κ1) is 26.6. The highest BCUT2D eigenvalue weighted by Crippen LogP contribution is 2.39. The second kappa shape index (κ2) is 9.94. The van der Waals surface area contributed by atoms with Gasteiger partial charge >= 0.3 is 5.97 Å². The summed E-state index contributed by atoms with van der Waals surface area (Å²) in [6.07, 6.45) is -0.374. The molecule has 0 saturated carbocycles. The molecule has 0 fully saturated rings. The fourth-order valence-electron chi connectivity index (χ4n) is 4.74. The average Bonchev–Trinajstić information content (AvgIpc) is 3.29. The molecule has 3 aromatic rings. The van der Waals surface area contributed by atoms with Gasteiger partial charge < -0.3 is 14.4 Å². The summed E-state index contributed by atoms with van der Waals surface area (Å²) in [7, 11) is 3.21. The maximum atomic E-state index is 14.2. The molecule has 0 saturated heterocycles. The first-order chi connectivity index (χ1) is 18.0. The van der Waals surface area contributed by atoms with Crippen molar-refractivity contribution >= 4 is 66.3 Å². The molecule has 0 bridgehead atoms. The third-order valence-corrected chi connectivity index (χ3v) is 8.42. The summed E-state index contributed by atoms with van der Waals surface area (Å²) in [5, 5.41) is 0. The highest BCUT2D eigenvalue weighted by Gasteiger charge is 2.38. The number of benzene rings is 2. The summed E-state index contributed by atoms with van der Waals surface area (Å²) in [5.74, 6) is -0.362. The number of carbonyl (C=O) groups is 2. The van der Waals surface area contributed by atoms with Gasteiger partial charge in [0.1, 0.15) is 16.3 Å². The summed E-state index contributed by atoms with van der Waals surface area (Å²) < 4.78 is 14.5. The minimum atomic E-state index is -0.879. The molecule has 11 heteroatoms. The number of aromatic nitrogens is 1. The van der Waals surface area contributed by atoms with Crippen LogP contribution in [0.2, 0.25) is 0 Å². The molecular formula is C27H23Br2N3O5S. The van der Waals surface area contributed by atoms with E-state index in [4.69, 9.17) is 9.47 Å². The lowest BCUT2D eigenvalue weighted by Gasteiger charge is -2.26. The number of carbonyl (C=O) groups excluding carboxylic acids is 2. The van der Waals surface area contributed by atoms with Crippen molar-refractivity contribution in [3.8, 4) is 5.75 Å². The highest BCUT2D eigenvalue weighted by molar-refractivity contribution is 9.10. The Morgan fingerprint density at radius 1 is 1.11 bits per heavy atom. The Bertz CT molecular complexity index is 1740.